The van der Waals surface area contributed by atoms with Crippen molar-refractivity contribution in [2.45, 2.75) is 13.0 Å². The normalized spacial score (nSPS) is 22.9. The molecule has 0 aliphatic carbocycles. The number of halogens is 1. The van der Waals surface area contributed by atoms with E-state index < -0.39 is 0 Å². The van der Waals surface area contributed by atoms with Crippen LogP contribution in [0.1, 0.15) is 12.0 Å². The van der Waals surface area contributed by atoms with Gasteiger partial charge in [-0.2, -0.15) is 0 Å². The number of nitrogens with one attached hydrogen (secondary N) is 1. The van der Waals surface area contributed by atoms with Gasteiger partial charge in [-0.25, -0.2) is 4.79 Å². The van der Waals surface area contributed by atoms with Crippen LogP contribution in [0.25, 0.3) is 0 Å². The summed E-state index contributed by atoms with van der Waals surface area (Å²) in [7, 11) is 0. The maximum absolute atomic E-state index is 12.6. The number of piperidine rings is 2. The van der Waals surface area contributed by atoms with E-state index in [1.165, 1.54) is 12.0 Å². The molecule has 0 aromatic heterocycles. The van der Waals surface area contributed by atoms with Crippen LogP contribution >= 0.6 is 11.6 Å². The van der Waals surface area contributed by atoms with Gasteiger partial charge in [-0.15, -0.1) is 0 Å². The van der Waals surface area contributed by atoms with E-state index in [2.05, 4.69) is 22.3 Å². The third-order valence-electron chi connectivity index (χ3n) is 5.29. The molecular formula is C21H24ClN3O. The van der Waals surface area contributed by atoms with Gasteiger partial charge in [0.2, 0.25) is 0 Å². The van der Waals surface area contributed by atoms with Crippen molar-refractivity contribution in [2.24, 2.45) is 11.8 Å². The summed E-state index contributed by atoms with van der Waals surface area (Å²) in [6.45, 7) is 4.74. The van der Waals surface area contributed by atoms with Crippen LogP contribution in [0.5, 0.6) is 0 Å². The zero-order chi connectivity index (χ0) is 17.9. The van der Waals surface area contributed by atoms with Crippen LogP contribution in [0.15, 0.2) is 54.6 Å². The number of carbonyl (C=O) groups excluding carboxylic acids is 1. The second-order valence-electron chi connectivity index (χ2n) is 7.49. The summed E-state index contributed by atoms with van der Waals surface area (Å²) in [5.41, 5.74) is 2.16. The van der Waals surface area contributed by atoms with Crippen LogP contribution in [-0.2, 0) is 6.54 Å². The van der Waals surface area contributed by atoms with Gasteiger partial charge in [0.15, 0.2) is 0 Å². The van der Waals surface area contributed by atoms with Crippen LogP contribution < -0.4 is 5.32 Å². The van der Waals surface area contributed by atoms with Gasteiger partial charge in [0.05, 0.1) is 0 Å². The number of urea groups is 1. The molecule has 2 aromatic rings. The first-order valence-corrected chi connectivity index (χ1v) is 9.61. The molecule has 2 unspecified atom stereocenters. The summed E-state index contributed by atoms with van der Waals surface area (Å²) in [5.74, 6) is 1.10. The molecular weight excluding hydrogens is 346 g/mol. The van der Waals surface area contributed by atoms with E-state index in [9.17, 15) is 4.79 Å². The molecule has 2 fully saturated rings. The van der Waals surface area contributed by atoms with Crippen LogP contribution in [0.2, 0.25) is 5.02 Å². The van der Waals surface area contributed by atoms with Gasteiger partial charge in [0.25, 0.3) is 0 Å². The Morgan fingerprint density at radius 3 is 2.27 bits per heavy atom. The number of para-hydroxylation sites is 1. The van der Waals surface area contributed by atoms with Gasteiger partial charge in [-0.05, 0) is 48.1 Å². The lowest BCUT2D eigenvalue weighted by Gasteiger charge is -2.45. The Bertz CT molecular complexity index is 736. The molecule has 2 amide bonds. The lowest BCUT2D eigenvalue weighted by atomic mass is 9.84. The molecule has 4 rings (SSSR count). The summed E-state index contributed by atoms with van der Waals surface area (Å²) in [5, 5.41) is 3.80. The van der Waals surface area contributed by atoms with Crippen molar-refractivity contribution in [3.63, 3.8) is 0 Å². The van der Waals surface area contributed by atoms with Crippen LogP contribution in [-0.4, -0.2) is 42.0 Å². The number of hydrogen-bond donors (Lipinski definition) is 1. The number of benzene rings is 2. The smallest absolute Gasteiger partial charge is 0.321 e. The third kappa shape index (κ3) is 4.19. The van der Waals surface area contributed by atoms with Gasteiger partial charge >= 0.3 is 6.03 Å². The Morgan fingerprint density at radius 1 is 0.962 bits per heavy atom. The molecule has 0 radical (unpaired) electrons. The van der Waals surface area contributed by atoms with Crippen molar-refractivity contribution < 1.29 is 4.79 Å². The summed E-state index contributed by atoms with van der Waals surface area (Å²) in [6.07, 6.45) is 1.23. The number of rotatable bonds is 3. The van der Waals surface area contributed by atoms with Gasteiger partial charge in [0.1, 0.15) is 0 Å². The molecule has 26 heavy (non-hydrogen) atoms. The molecule has 2 aromatic carbocycles. The van der Waals surface area contributed by atoms with E-state index in [4.69, 9.17) is 11.6 Å². The average molecular weight is 370 g/mol. The fourth-order valence-electron chi connectivity index (χ4n) is 4.25. The molecule has 2 atom stereocenters. The second kappa shape index (κ2) is 7.68. The van der Waals surface area contributed by atoms with E-state index in [0.717, 1.165) is 43.4 Å². The van der Waals surface area contributed by atoms with Crippen LogP contribution in [0, 0.1) is 11.8 Å². The maximum atomic E-state index is 12.6. The molecule has 1 N–H and O–H groups in total. The standard InChI is InChI=1S/C21H24ClN3O/c22-19-8-6-16(7-9-19)11-24-12-17-10-18(13-24)15-25(14-17)21(26)23-20-4-2-1-3-5-20/h1-9,17-18H,10-15H2,(H,23,26). The lowest BCUT2D eigenvalue weighted by Crippen LogP contribution is -2.54. The number of likely N-dealkylation sites (tertiary alicyclic amines) is 2. The third-order valence-corrected chi connectivity index (χ3v) is 5.54. The highest BCUT2D eigenvalue weighted by atomic mass is 35.5. The van der Waals surface area contributed by atoms with Gasteiger partial charge in [-0.3, -0.25) is 4.90 Å². The predicted octanol–water partition coefficient (Wildman–Crippen LogP) is 4.33. The SMILES string of the molecule is O=C(Nc1ccccc1)N1CC2CC(CN(Cc3ccc(Cl)cc3)C2)C1. The quantitative estimate of drug-likeness (QED) is 0.874. The highest BCUT2D eigenvalue weighted by molar-refractivity contribution is 6.30. The van der Waals surface area contributed by atoms with E-state index in [1.807, 2.05) is 47.4 Å². The minimum absolute atomic E-state index is 0.0250. The Kier molecular flexibility index (Phi) is 5.14. The van der Waals surface area contributed by atoms with Crippen molar-refractivity contribution >= 4 is 23.3 Å². The fourth-order valence-corrected chi connectivity index (χ4v) is 4.38. The Balaban J connectivity index is 1.34. The van der Waals surface area contributed by atoms with Crippen LogP contribution in [0.4, 0.5) is 10.5 Å². The van der Waals surface area contributed by atoms with E-state index >= 15 is 0 Å². The molecule has 2 bridgehead atoms. The molecule has 2 heterocycles. The number of fused-ring (bicyclic) bond motifs is 2. The minimum Gasteiger partial charge on any atom is -0.324 e. The Hall–Kier alpha value is -2.04. The summed E-state index contributed by atoms with van der Waals surface area (Å²) in [4.78, 5) is 17.1. The molecule has 4 nitrogen and oxygen atoms in total. The van der Waals surface area contributed by atoms with Crippen molar-refractivity contribution in [3.8, 4) is 0 Å². The number of anilines is 1. The Labute approximate surface area is 159 Å². The number of nitrogens with zero attached hydrogens (tertiary/aromatic N) is 2. The molecule has 2 saturated heterocycles. The van der Waals surface area contributed by atoms with Crippen molar-refractivity contribution in [2.75, 3.05) is 31.5 Å². The lowest BCUT2D eigenvalue weighted by molar-refractivity contribution is 0.0456. The molecule has 5 heteroatoms. The Morgan fingerprint density at radius 2 is 1.62 bits per heavy atom. The molecule has 136 valence electrons. The highest BCUT2D eigenvalue weighted by Crippen LogP contribution is 2.30. The summed E-state index contributed by atoms with van der Waals surface area (Å²) >= 11 is 5.98. The van der Waals surface area contributed by atoms with Crippen molar-refractivity contribution in [1.29, 1.82) is 0 Å². The summed E-state index contributed by atoms with van der Waals surface area (Å²) < 4.78 is 0. The van der Waals surface area contributed by atoms with Gasteiger partial charge < -0.3 is 10.2 Å². The van der Waals surface area contributed by atoms with E-state index in [1.54, 1.807) is 0 Å². The molecule has 2 aliphatic rings. The molecule has 0 saturated carbocycles. The zero-order valence-corrected chi connectivity index (χ0v) is 15.5. The van der Waals surface area contributed by atoms with Gasteiger partial charge in [0, 0.05) is 43.4 Å². The number of hydrogen-bond acceptors (Lipinski definition) is 2. The van der Waals surface area contributed by atoms with Crippen LogP contribution in [0.3, 0.4) is 0 Å². The first-order valence-electron chi connectivity index (χ1n) is 9.23. The first-order chi connectivity index (χ1) is 12.7. The monoisotopic (exact) mass is 369 g/mol. The first kappa shape index (κ1) is 17.4. The van der Waals surface area contributed by atoms with Gasteiger partial charge in [-0.1, -0.05) is 41.9 Å². The molecule has 2 aliphatic heterocycles. The molecule has 0 spiro atoms. The van der Waals surface area contributed by atoms with E-state index in [-0.39, 0.29) is 6.03 Å². The van der Waals surface area contributed by atoms with Crippen molar-refractivity contribution in [1.82, 2.24) is 9.80 Å². The summed E-state index contributed by atoms with van der Waals surface area (Å²) in [6, 6.07) is 17.8. The minimum atomic E-state index is 0.0250. The largest absolute Gasteiger partial charge is 0.324 e. The average Bonchev–Trinajstić information content (AvgIpc) is 2.64. The van der Waals surface area contributed by atoms with E-state index in [0.29, 0.717) is 11.8 Å². The highest BCUT2D eigenvalue weighted by Gasteiger charge is 2.35. The number of carbonyl (C=O) groups is 1. The number of amides is 2. The fraction of sp³-hybridized carbons (Fsp3) is 0.381. The predicted molar refractivity (Wildman–Crippen MR) is 105 cm³/mol. The maximum Gasteiger partial charge on any atom is 0.321 e. The zero-order valence-electron chi connectivity index (χ0n) is 14.8. The second-order valence-corrected chi connectivity index (χ2v) is 7.93. The van der Waals surface area contributed by atoms with Crippen molar-refractivity contribution in [3.05, 3.63) is 65.2 Å². The topological polar surface area (TPSA) is 35.6 Å².